The Labute approximate surface area is 179 Å². The largest absolute Gasteiger partial charge is 0.523 e. The van der Waals surface area contributed by atoms with Gasteiger partial charge in [0.2, 0.25) is 0 Å². The summed E-state index contributed by atoms with van der Waals surface area (Å²) >= 11 is 0. The van der Waals surface area contributed by atoms with Crippen molar-refractivity contribution in [3.63, 3.8) is 0 Å². The zero-order valence-corrected chi connectivity index (χ0v) is 18.3. The molecule has 0 amide bonds. The number of ether oxygens (including phenoxy) is 1. The normalized spacial score (nSPS) is 27.3. The quantitative estimate of drug-likeness (QED) is 0.384. The van der Waals surface area contributed by atoms with E-state index in [1.54, 1.807) is 6.08 Å². The molecule has 166 valence electrons. The average molecular weight is 421 g/mol. The van der Waals surface area contributed by atoms with Gasteiger partial charge in [0.25, 0.3) is 0 Å². The summed E-state index contributed by atoms with van der Waals surface area (Å²) in [5, 5.41) is 0. The van der Waals surface area contributed by atoms with E-state index in [0.717, 1.165) is 42.7 Å². The molecule has 1 aromatic rings. The van der Waals surface area contributed by atoms with Crippen molar-refractivity contribution in [3.05, 3.63) is 54.1 Å². The SMILES string of the molecule is CC(C)CCCCC1CCC(C2(OC(F)(F)F)C=CC(c3ccccc3)=CC2)CC1. The van der Waals surface area contributed by atoms with Crippen LogP contribution in [0.3, 0.4) is 0 Å². The van der Waals surface area contributed by atoms with Crippen molar-refractivity contribution in [2.24, 2.45) is 17.8 Å². The fourth-order valence-corrected chi connectivity index (χ4v) is 5.08. The molecule has 1 unspecified atom stereocenters. The molecule has 0 aromatic heterocycles. The second-order valence-corrected chi connectivity index (χ2v) is 9.46. The number of rotatable bonds is 8. The fourth-order valence-electron chi connectivity index (χ4n) is 5.08. The maximum absolute atomic E-state index is 13.3. The van der Waals surface area contributed by atoms with Gasteiger partial charge in [-0.2, -0.15) is 0 Å². The Kier molecular flexibility index (Phi) is 7.84. The molecule has 2 aliphatic rings. The van der Waals surface area contributed by atoms with E-state index in [-0.39, 0.29) is 12.3 Å². The number of unbranched alkanes of at least 4 members (excludes halogenated alkanes) is 1. The minimum Gasteiger partial charge on any atom is -0.280 e. The maximum Gasteiger partial charge on any atom is 0.523 e. The molecule has 1 atom stereocenters. The Balaban J connectivity index is 1.62. The van der Waals surface area contributed by atoms with Crippen LogP contribution in [0.4, 0.5) is 13.2 Å². The highest BCUT2D eigenvalue weighted by Crippen LogP contribution is 2.46. The van der Waals surface area contributed by atoms with E-state index in [4.69, 9.17) is 4.74 Å². The first kappa shape index (κ1) is 23.1. The van der Waals surface area contributed by atoms with Crippen molar-refractivity contribution < 1.29 is 17.9 Å². The fraction of sp³-hybridized carbons (Fsp3) is 0.615. The van der Waals surface area contributed by atoms with Gasteiger partial charge in [0.15, 0.2) is 0 Å². The van der Waals surface area contributed by atoms with E-state index < -0.39 is 12.0 Å². The van der Waals surface area contributed by atoms with E-state index >= 15 is 0 Å². The van der Waals surface area contributed by atoms with Gasteiger partial charge >= 0.3 is 6.36 Å². The van der Waals surface area contributed by atoms with Crippen LogP contribution in [0.1, 0.15) is 77.2 Å². The van der Waals surface area contributed by atoms with Crippen LogP contribution >= 0.6 is 0 Å². The number of halogens is 3. The van der Waals surface area contributed by atoms with Gasteiger partial charge in [-0.25, -0.2) is 0 Å². The van der Waals surface area contributed by atoms with E-state index in [1.807, 2.05) is 42.5 Å². The van der Waals surface area contributed by atoms with Crippen LogP contribution in [0.2, 0.25) is 0 Å². The maximum atomic E-state index is 13.3. The molecule has 0 radical (unpaired) electrons. The van der Waals surface area contributed by atoms with Crippen LogP contribution in [0.25, 0.3) is 5.57 Å². The number of alkyl halides is 3. The third-order valence-corrected chi connectivity index (χ3v) is 6.78. The van der Waals surface area contributed by atoms with Crippen LogP contribution in [-0.4, -0.2) is 12.0 Å². The third kappa shape index (κ3) is 6.47. The van der Waals surface area contributed by atoms with Gasteiger partial charge in [-0.15, -0.1) is 13.2 Å². The van der Waals surface area contributed by atoms with Crippen LogP contribution in [0, 0.1) is 17.8 Å². The smallest absolute Gasteiger partial charge is 0.280 e. The number of allylic oxidation sites excluding steroid dienone is 2. The van der Waals surface area contributed by atoms with Gasteiger partial charge in [0, 0.05) is 0 Å². The molecule has 0 bridgehead atoms. The highest BCUT2D eigenvalue weighted by atomic mass is 19.4. The lowest BCUT2D eigenvalue weighted by atomic mass is 9.69. The van der Waals surface area contributed by atoms with E-state index in [1.165, 1.54) is 25.7 Å². The Morgan fingerprint density at radius 1 is 1.03 bits per heavy atom. The van der Waals surface area contributed by atoms with Crippen LogP contribution in [-0.2, 0) is 4.74 Å². The van der Waals surface area contributed by atoms with Crippen LogP contribution in [0.15, 0.2) is 48.6 Å². The second-order valence-electron chi connectivity index (χ2n) is 9.46. The molecule has 1 nitrogen and oxygen atoms in total. The third-order valence-electron chi connectivity index (χ3n) is 6.78. The second kappa shape index (κ2) is 10.2. The van der Waals surface area contributed by atoms with Gasteiger partial charge in [0.05, 0.1) is 0 Å². The van der Waals surface area contributed by atoms with Crippen LogP contribution in [0.5, 0.6) is 0 Å². The zero-order valence-electron chi connectivity index (χ0n) is 18.3. The summed E-state index contributed by atoms with van der Waals surface area (Å²) in [6.07, 6.45) is 9.68. The molecule has 0 saturated heterocycles. The molecule has 2 aliphatic carbocycles. The zero-order chi connectivity index (χ0) is 21.6. The average Bonchev–Trinajstić information content (AvgIpc) is 2.71. The van der Waals surface area contributed by atoms with Crippen molar-refractivity contribution >= 4 is 5.57 Å². The van der Waals surface area contributed by atoms with E-state index in [9.17, 15) is 13.2 Å². The standard InChI is InChI=1S/C26H35F3O/c1-20(2)8-6-7-9-21-12-14-24(15-13-21)25(30-26(27,28)29)18-16-23(17-19-25)22-10-4-3-5-11-22/h3-5,10-11,16-18,20-21,24H,6-9,12-15,19H2,1-2H3. The summed E-state index contributed by atoms with van der Waals surface area (Å²) in [7, 11) is 0. The molecule has 4 heteroatoms. The van der Waals surface area contributed by atoms with Crippen LogP contribution < -0.4 is 0 Å². The molecule has 1 saturated carbocycles. The van der Waals surface area contributed by atoms with Crippen molar-refractivity contribution in [2.75, 3.05) is 0 Å². The van der Waals surface area contributed by atoms with Crippen molar-refractivity contribution in [3.8, 4) is 0 Å². The summed E-state index contributed by atoms with van der Waals surface area (Å²) in [6.45, 7) is 4.50. The first-order chi connectivity index (χ1) is 14.3. The lowest BCUT2D eigenvalue weighted by Gasteiger charge is -2.43. The minimum absolute atomic E-state index is 0.0872. The summed E-state index contributed by atoms with van der Waals surface area (Å²) in [5.74, 6) is 1.31. The summed E-state index contributed by atoms with van der Waals surface area (Å²) < 4.78 is 44.8. The number of benzene rings is 1. The molecule has 0 heterocycles. The predicted octanol–water partition coefficient (Wildman–Crippen LogP) is 8.33. The molecular formula is C26H35F3O. The molecular weight excluding hydrogens is 385 g/mol. The first-order valence-electron chi connectivity index (χ1n) is 11.5. The molecule has 0 spiro atoms. The minimum atomic E-state index is -4.63. The van der Waals surface area contributed by atoms with Crippen molar-refractivity contribution in [2.45, 2.75) is 83.6 Å². The van der Waals surface area contributed by atoms with Gasteiger partial charge in [-0.3, -0.25) is 4.74 Å². The van der Waals surface area contributed by atoms with Gasteiger partial charge < -0.3 is 0 Å². The summed E-state index contributed by atoms with van der Waals surface area (Å²) in [4.78, 5) is 0. The molecule has 1 fully saturated rings. The highest BCUT2D eigenvalue weighted by molar-refractivity contribution is 5.75. The van der Waals surface area contributed by atoms with Crippen molar-refractivity contribution in [1.82, 2.24) is 0 Å². The monoisotopic (exact) mass is 420 g/mol. The Morgan fingerprint density at radius 3 is 2.30 bits per heavy atom. The summed E-state index contributed by atoms with van der Waals surface area (Å²) in [5.41, 5.74) is 0.731. The number of hydrogen-bond donors (Lipinski definition) is 0. The molecule has 3 rings (SSSR count). The lowest BCUT2D eigenvalue weighted by molar-refractivity contribution is -0.366. The molecule has 0 aliphatic heterocycles. The molecule has 0 N–H and O–H groups in total. The molecule has 1 aromatic carbocycles. The molecule has 30 heavy (non-hydrogen) atoms. The Morgan fingerprint density at radius 2 is 1.73 bits per heavy atom. The Hall–Kier alpha value is -1.55. The van der Waals surface area contributed by atoms with E-state index in [0.29, 0.717) is 5.92 Å². The first-order valence-corrected chi connectivity index (χ1v) is 11.5. The Bertz CT molecular complexity index is 712. The predicted molar refractivity (Wildman–Crippen MR) is 117 cm³/mol. The van der Waals surface area contributed by atoms with Crippen molar-refractivity contribution in [1.29, 1.82) is 0 Å². The van der Waals surface area contributed by atoms with Gasteiger partial charge in [-0.05, 0) is 48.2 Å². The van der Waals surface area contributed by atoms with Gasteiger partial charge in [0.1, 0.15) is 5.60 Å². The highest BCUT2D eigenvalue weighted by Gasteiger charge is 2.48. The summed E-state index contributed by atoms with van der Waals surface area (Å²) in [6, 6.07) is 9.80. The lowest BCUT2D eigenvalue weighted by Crippen LogP contribution is -2.45. The number of hydrogen-bond acceptors (Lipinski definition) is 1. The topological polar surface area (TPSA) is 9.23 Å². The van der Waals surface area contributed by atoms with E-state index in [2.05, 4.69) is 13.8 Å². The van der Waals surface area contributed by atoms with Gasteiger partial charge in [-0.1, -0.05) is 101 Å².